The Bertz CT molecular complexity index is 784. The first kappa shape index (κ1) is 16.0. The van der Waals surface area contributed by atoms with Crippen molar-refractivity contribution >= 4 is 23.5 Å². The van der Waals surface area contributed by atoms with Gasteiger partial charge in [0, 0.05) is 18.7 Å². The van der Waals surface area contributed by atoms with Crippen LogP contribution in [0.5, 0.6) is 11.5 Å². The highest BCUT2D eigenvalue weighted by Gasteiger charge is 2.17. The second-order valence-corrected chi connectivity index (χ2v) is 4.63. The van der Waals surface area contributed by atoms with Crippen molar-refractivity contribution in [3.63, 3.8) is 0 Å². The maximum Gasteiger partial charge on any atom is 0.336 e. The summed E-state index contributed by atoms with van der Waals surface area (Å²) in [5.74, 6) is -2.38. The molecule has 0 atom stereocenters. The third kappa shape index (κ3) is 4.07. The van der Waals surface area contributed by atoms with Gasteiger partial charge in [0.25, 0.3) is 0 Å². The normalized spacial score (nSPS) is 9.96. The zero-order chi connectivity index (χ0) is 17.0. The monoisotopic (exact) mass is 315 g/mol. The number of amides is 1. The van der Waals surface area contributed by atoms with Crippen LogP contribution in [0.15, 0.2) is 42.5 Å². The maximum absolute atomic E-state index is 11.1. The molecule has 0 spiro atoms. The maximum atomic E-state index is 11.1. The summed E-state index contributed by atoms with van der Waals surface area (Å²) >= 11 is 0. The molecule has 2 rings (SSSR count). The highest BCUT2D eigenvalue weighted by atomic mass is 16.5. The van der Waals surface area contributed by atoms with Crippen molar-refractivity contribution in [2.24, 2.45) is 0 Å². The lowest BCUT2D eigenvalue weighted by atomic mass is 10.1. The standard InChI is InChI=1S/C16H13NO6/c1-9(18)17-10-3-2-4-11(7-10)23-12-5-6-13(15(19)20)14(8-12)16(21)22/h2-8H,1H3,(H,17,18)(H,19,20)(H,21,22). The van der Waals surface area contributed by atoms with Crippen molar-refractivity contribution in [2.45, 2.75) is 6.92 Å². The lowest BCUT2D eigenvalue weighted by molar-refractivity contribution is -0.114. The summed E-state index contributed by atoms with van der Waals surface area (Å²) < 4.78 is 5.52. The summed E-state index contributed by atoms with van der Waals surface area (Å²) in [6.45, 7) is 1.37. The van der Waals surface area contributed by atoms with E-state index in [1.54, 1.807) is 24.3 Å². The third-order valence-corrected chi connectivity index (χ3v) is 2.84. The Morgan fingerprint density at radius 1 is 0.913 bits per heavy atom. The minimum absolute atomic E-state index is 0.173. The van der Waals surface area contributed by atoms with Crippen molar-refractivity contribution in [1.82, 2.24) is 0 Å². The lowest BCUT2D eigenvalue weighted by Crippen LogP contribution is -2.08. The van der Waals surface area contributed by atoms with E-state index >= 15 is 0 Å². The highest BCUT2D eigenvalue weighted by molar-refractivity contribution is 6.02. The third-order valence-electron chi connectivity index (χ3n) is 2.84. The van der Waals surface area contributed by atoms with Gasteiger partial charge >= 0.3 is 11.9 Å². The molecule has 23 heavy (non-hydrogen) atoms. The Morgan fingerprint density at radius 3 is 2.17 bits per heavy atom. The van der Waals surface area contributed by atoms with Gasteiger partial charge in [0.1, 0.15) is 11.5 Å². The quantitative estimate of drug-likeness (QED) is 0.782. The van der Waals surface area contributed by atoms with Gasteiger partial charge < -0.3 is 20.3 Å². The molecule has 0 aromatic heterocycles. The molecule has 0 radical (unpaired) electrons. The summed E-state index contributed by atoms with van der Waals surface area (Å²) in [4.78, 5) is 33.2. The lowest BCUT2D eigenvalue weighted by Gasteiger charge is -2.09. The van der Waals surface area contributed by atoms with Gasteiger partial charge in [-0.05, 0) is 30.3 Å². The fraction of sp³-hybridized carbons (Fsp3) is 0.0625. The molecule has 7 heteroatoms. The van der Waals surface area contributed by atoms with Crippen LogP contribution in [0.25, 0.3) is 0 Å². The number of hydrogen-bond acceptors (Lipinski definition) is 4. The number of aromatic carboxylic acids is 2. The van der Waals surface area contributed by atoms with E-state index in [9.17, 15) is 14.4 Å². The molecule has 0 aliphatic heterocycles. The number of anilines is 1. The predicted octanol–water partition coefficient (Wildman–Crippen LogP) is 2.83. The van der Waals surface area contributed by atoms with Crippen LogP contribution in [0.4, 0.5) is 5.69 Å². The number of ether oxygens (including phenoxy) is 1. The SMILES string of the molecule is CC(=O)Nc1cccc(Oc2ccc(C(=O)O)c(C(=O)O)c2)c1. The molecular formula is C16H13NO6. The molecule has 1 amide bonds. The highest BCUT2D eigenvalue weighted by Crippen LogP contribution is 2.26. The number of benzene rings is 2. The van der Waals surface area contributed by atoms with E-state index in [2.05, 4.69) is 5.32 Å². The number of rotatable bonds is 5. The van der Waals surface area contributed by atoms with E-state index in [4.69, 9.17) is 14.9 Å². The van der Waals surface area contributed by atoms with Crippen LogP contribution in [-0.2, 0) is 4.79 Å². The summed E-state index contributed by atoms with van der Waals surface area (Å²) in [5, 5.41) is 20.6. The van der Waals surface area contributed by atoms with Crippen LogP contribution in [-0.4, -0.2) is 28.1 Å². The van der Waals surface area contributed by atoms with Crippen molar-refractivity contribution in [3.05, 3.63) is 53.6 Å². The first-order chi connectivity index (χ1) is 10.9. The number of hydrogen-bond donors (Lipinski definition) is 3. The smallest absolute Gasteiger partial charge is 0.336 e. The van der Waals surface area contributed by atoms with Crippen LogP contribution in [0.2, 0.25) is 0 Å². The zero-order valence-corrected chi connectivity index (χ0v) is 12.1. The molecule has 0 fully saturated rings. The molecule has 3 N–H and O–H groups in total. The molecule has 0 unspecified atom stereocenters. The summed E-state index contributed by atoms with van der Waals surface area (Å²) in [6.07, 6.45) is 0. The minimum Gasteiger partial charge on any atom is -0.478 e. The summed E-state index contributed by atoms with van der Waals surface area (Å²) in [7, 11) is 0. The molecule has 0 aliphatic carbocycles. The molecule has 0 saturated carbocycles. The van der Waals surface area contributed by atoms with Crippen molar-refractivity contribution < 1.29 is 29.3 Å². The molecule has 0 heterocycles. The fourth-order valence-electron chi connectivity index (χ4n) is 1.93. The van der Waals surface area contributed by atoms with Crippen molar-refractivity contribution in [2.75, 3.05) is 5.32 Å². The largest absolute Gasteiger partial charge is 0.478 e. The minimum atomic E-state index is -1.36. The topological polar surface area (TPSA) is 113 Å². The van der Waals surface area contributed by atoms with E-state index in [0.717, 1.165) is 6.07 Å². The number of carboxylic acid groups (broad SMARTS) is 2. The summed E-state index contributed by atoms with van der Waals surface area (Å²) in [5.41, 5.74) is -0.166. The number of nitrogens with one attached hydrogen (secondary N) is 1. The molecule has 0 saturated heterocycles. The van der Waals surface area contributed by atoms with E-state index in [1.165, 1.54) is 19.1 Å². The van der Waals surface area contributed by atoms with Gasteiger partial charge in [0.05, 0.1) is 11.1 Å². The first-order valence-corrected chi connectivity index (χ1v) is 6.53. The number of carboxylic acids is 2. The zero-order valence-electron chi connectivity index (χ0n) is 12.1. The number of carbonyl (C=O) groups is 3. The van der Waals surface area contributed by atoms with Gasteiger partial charge in [-0.25, -0.2) is 9.59 Å². The van der Waals surface area contributed by atoms with Crippen molar-refractivity contribution in [3.8, 4) is 11.5 Å². The predicted molar refractivity (Wildman–Crippen MR) is 81.2 cm³/mol. The van der Waals surface area contributed by atoms with E-state index in [0.29, 0.717) is 11.4 Å². The molecule has 0 bridgehead atoms. The van der Waals surface area contributed by atoms with Gasteiger partial charge in [0.15, 0.2) is 0 Å². The average Bonchev–Trinajstić information content (AvgIpc) is 2.46. The molecule has 0 aliphatic rings. The van der Waals surface area contributed by atoms with Crippen LogP contribution in [0.3, 0.4) is 0 Å². The van der Waals surface area contributed by atoms with E-state index in [-0.39, 0.29) is 22.8 Å². The second-order valence-electron chi connectivity index (χ2n) is 4.63. The Balaban J connectivity index is 2.30. The molecule has 118 valence electrons. The molecule has 7 nitrogen and oxygen atoms in total. The fourth-order valence-corrected chi connectivity index (χ4v) is 1.93. The Kier molecular flexibility index (Phi) is 4.61. The van der Waals surface area contributed by atoms with E-state index < -0.39 is 11.9 Å². The van der Waals surface area contributed by atoms with Gasteiger partial charge in [-0.15, -0.1) is 0 Å². The summed E-state index contributed by atoms with van der Waals surface area (Å²) in [6, 6.07) is 10.2. The molecule has 2 aromatic rings. The van der Waals surface area contributed by atoms with Crippen LogP contribution in [0, 0.1) is 0 Å². The number of carbonyl (C=O) groups excluding carboxylic acids is 1. The molecule has 2 aromatic carbocycles. The van der Waals surface area contributed by atoms with Crippen LogP contribution in [0.1, 0.15) is 27.6 Å². The van der Waals surface area contributed by atoms with Crippen molar-refractivity contribution in [1.29, 1.82) is 0 Å². The average molecular weight is 315 g/mol. The first-order valence-electron chi connectivity index (χ1n) is 6.53. The Morgan fingerprint density at radius 2 is 1.57 bits per heavy atom. The van der Waals surface area contributed by atoms with Crippen LogP contribution < -0.4 is 10.1 Å². The van der Waals surface area contributed by atoms with Gasteiger partial charge in [0.2, 0.25) is 5.91 Å². The Hall–Kier alpha value is -3.35. The Labute approximate surface area is 131 Å². The second kappa shape index (κ2) is 6.61. The van der Waals surface area contributed by atoms with Gasteiger partial charge in [-0.2, -0.15) is 0 Å². The molecular weight excluding hydrogens is 302 g/mol. The van der Waals surface area contributed by atoms with Crippen LogP contribution >= 0.6 is 0 Å². The van der Waals surface area contributed by atoms with Gasteiger partial charge in [-0.3, -0.25) is 4.79 Å². The van der Waals surface area contributed by atoms with Gasteiger partial charge in [-0.1, -0.05) is 6.07 Å². The van der Waals surface area contributed by atoms with E-state index in [1.807, 2.05) is 0 Å².